The lowest BCUT2D eigenvalue weighted by atomic mass is 9.82. The second-order valence-electron chi connectivity index (χ2n) is 12.1. The van der Waals surface area contributed by atoms with Gasteiger partial charge in [-0.25, -0.2) is 4.98 Å². The van der Waals surface area contributed by atoms with Gasteiger partial charge in [-0.15, -0.1) is 11.3 Å². The monoisotopic (exact) mass is 517 g/mol. The summed E-state index contributed by atoms with van der Waals surface area (Å²) in [5.74, 6) is 1.62. The molecule has 3 heteroatoms. The van der Waals surface area contributed by atoms with Crippen LogP contribution in [0.3, 0.4) is 0 Å². The first kappa shape index (κ1) is 24.9. The molecule has 0 spiro atoms. The summed E-state index contributed by atoms with van der Waals surface area (Å²) in [6.07, 6.45) is 1.03. The number of aromatic nitrogens is 1. The van der Waals surface area contributed by atoms with Crippen LogP contribution in [0.15, 0.2) is 71.1 Å². The van der Waals surface area contributed by atoms with Gasteiger partial charge in [0.2, 0.25) is 0 Å². The van der Waals surface area contributed by atoms with Crippen LogP contribution in [0.2, 0.25) is 0 Å². The van der Waals surface area contributed by atoms with E-state index in [-0.39, 0.29) is 5.41 Å². The molecule has 2 nitrogen and oxygen atoms in total. The highest BCUT2D eigenvalue weighted by Crippen LogP contribution is 2.40. The van der Waals surface area contributed by atoms with Gasteiger partial charge in [-0.3, -0.25) is 0 Å². The lowest BCUT2D eigenvalue weighted by molar-refractivity contribution is 0.560. The first-order valence-corrected chi connectivity index (χ1v) is 14.4. The molecule has 0 saturated heterocycles. The topological polar surface area (TPSA) is 26.0 Å². The Bertz CT molecular complexity index is 1830. The van der Waals surface area contributed by atoms with Gasteiger partial charge in [-0.05, 0) is 89.4 Å². The van der Waals surface area contributed by atoms with Crippen molar-refractivity contribution in [3.05, 3.63) is 88.5 Å². The van der Waals surface area contributed by atoms with Crippen LogP contribution in [0.25, 0.3) is 54.3 Å². The standard InChI is InChI=1S/C35H35NOS/c1-20(2)14-28-22(4)37-33-18-24(12-13-27(28)33)29-19-32(36-34-30(29)15-21(3)38-34)25-16-23-10-8-9-11-26(23)31(17-25)35(5,6)7/h8-13,15-20H,14H2,1-7H3. The number of hydrogen-bond donors (Lipinski definition) is 0. The maximum atomic E-state index is 6.28. The van der Waals surface area contributed by atoms with Gasteiger partial charge in [0.05, 0.1) is 5.69 Å². The maximum Gasteiger partial charge on any atom is 0.135 e. The lowest BCUT2D eigenvalue weighted by Gasteiger charge is -2.23. The molecule has 38 heavy (non-hydrogen) atoms. The van der Waals surface area contributed by atoms with E-state index in [0.717, 1.165) is 33.9 Å². The molecule has 0 aliphatic rings. The van der Waals surface area contributed by atoms with Gasteiger partial charge in [0.1, 0.15) is 16.2 Å². The average Bonchev–Trinajstić information content (AvgIpc) is 3.39. The number of thiophene rings is 1. The second kappa shape index (κ2) is 9.10. The third-order valence-electron chi connectivity index (χ3n) is 7.51. The quantitative estimate of drug-likeness (QED) is 0.232. The number of hydrogen-bond acceptors (Lipinski definition) is 3. The highest BCUT2D eigenvalue weighted by molar-refractivity contribution is 7.18. The minimum Gasteiger partial charge on any atom is -0.461 e. The highest BCUT2D eigenvalue weighted by atomic mass is 32.1. The van der Waals surface area contributed by atoms with Crippen LogP contribution in [0.1, 0.15) is 56.4 Å². The SMILES string of the molecule is Cc1cc2c(-c3ccc4c(CC(C)C)c(C)oc4c3)cc(-c3cc(C(C)(C)C)c4ccccc4c3)nc2s1. The van der Waals surface area contributed by atoms with Crippen LogP contribution >= 0.6 is 11.3 Å². The van der Waals surface area contributed by atoms with Crippen LogP contribution in [0, 0.1) is 19.8 Å². The number of fused-ring (bicyclic) bond motifs is 3. The Morgan fingerprint density at radius 3 is 2.39 bits per heavy atom. The smallest absolute Gasteiger partial charge is 0.135 e. The molecule has 0 amide bonds. The third kappa shape index (κ3) is 4.33. The number of aryl methyl sites for hydroxylation is 2. The van der Waals surface area contributed by atoms with Crippen LogP contribution in [-0.2, 0) is 11.8 Å². The number of benzene rings is 3. The van der Waals surface area contributed by atoms with Crippen LogP contribution in [-0.4, -0.2) is 4.98 Å². The van der Waals surface area contributed by atoms with E-state index in [0.29, 0.717) is 5.92 Å². The fourth-order valence-electron chi connectivity index (χ4n) is 5.70. The summed E-state index contributed by atoms with van der Waals surface area (Å²) in [4.78, 5) is 7.54. The van der Waals surface area contributed by atoms with E-state index in [1.807, 2.05) is 0 Å². The zero-order valence-electron chi connectivity index (χ0n) is 23.4. The summed E-state index contributed by atoms with van der Waals surface area (Å²) >= 11 is 1.77. The van der Waals surface area contributed by atoms with Crippen molar-refractivity contribution >= 4 is 43.3 Å². The van der Waals surface area contributed by atoms with Crippen molar-refractivity contribution in [1.82, 2.24) is 4.98 Å². The van der Waals surface area contributed by atoms with Gasteiger partial charge in [0.25, 0.3) is 0 Å². The molecule has 6 aromatic rings. The second-order valence-corrected chi connectivity index (χ2v) is 13.3. The minimum atomic E-state index is 0.0257. The first-order valence-electron chi connectivity index (χ1n) is 13.6. The van der Waals surface area contributed by atoms with Crippen molar-refractivity contribution in [2.24, 2.45) is 5.92 Å². The van der Waals surface area contributed by atoms with Crippen molar-refractivity contribution in [2.45, 2.75) is 60.3 Å². The molecule has 0 fully saturated rings. The molecule has 0 saturated carbocycles. The Morgan fingerprint density at radius 1 is 0.842 bits per heavy atom. The molecule has 0 atom stereocenters. The summed E-state index contributed by atoms with van der Waals surface area (Å²) in [7, 11) is 0. The van der Waals surface area contributed by atoms with Gasteiger partial charge < -0.3 is 4.42 Å². The summed E-state index contributed by atoms with van der Waals surface area (Å²) in [5.41, 5.74) is 8.24. The molecule has 0 aliphatic carbocycles. The normalized spacial score (nSPS) is 12.4. The molecule has 0 bridgehead atoms. The van der Waals surface area contributed by atoms with Crippen LogP contribution < -0.4 is 0 Å². The molecular weight excluding hydrogens is 482 g/mol. The molecule has 6 rings (SSSR count). The van der Waals surface area contributed by atoms with E-state index in [1.54, 1.807) is 11.3 Å². The predicted molar refractivity (Wildman–Crippen MR) is 164 cm³/mol. The van der Waals surface area contributed by atoms with E-state index in [4.69, 9.17) is 9.40 Å². The molecule has 0 radical (unpaired) electrons. The summed E-state index contributed by atoms with van der Waals surface area (Å²) < 4.78 is 6.28. The van der Waals surface area contributed by atoms with Gasteiger partial charge in [0.15, 0.2) is 0 Å². The summed E-state index contributed by atoms with van der Waals surface area (Å²) in [5, 5.41) is 5.01. The van der Waals surface area contributed by atoms with E-state index >= 15 is 0 Å². The van der Waals surface area contributed by atoms with E-state index in [1.165, 1.54) is 48.7 Å². The molecule has 0 N–H and O–H groups in total. The molecule has 3 aromatic heterocycles. The Hall–Kier alpha value is -3.43. The molecule has 0 aliphatic heterocycles. The average molecular weight is 518 g/mol. The van der Waals surface area contributed by atoms with Crippen LogP contribution in [0.5, 0.6) is 0 Å². The zero-order valence-corrected chi connectivity index (χ0v) is 24.2. The van der Waals surface area contributed by atoms with Crippen molar-refractivity contribution < 1.29 is 4.42 Å². The first-order chi connectivity index (χ1) is 18.1. The summed E-state index contributed by atoms with van der Waals surface area (Å²) in [6, 6.07) is 24.6. The van der Waals surface area contributed by atoms with E-state index < -0.39 is 0 Å². The van der Waals surface area contributed by atoms with E-state index in [2.05, 4.69) is 115 Å². The fraction of sp³-hybridized carbons (Fsp3) is 0.286. The number of furan rings is 1. The van der Waals surface area contributed by atoms with Crippen molar-refractivity contribution in [1.29, 1.82) is 0 Å². The summed E-state index contributed by atoms with van der Waals surface area (Å²) in [6.45, 7) is 15.7. The minimum absolute atomic E-state index is 0.0257. The largest absolute Gasteiger partial charge is 0.461 e. The fourth-order valence-corrected chi connectivity index (χ4v) is 6.61. The van der Waals surface area contributed by atoms with Gasteiger partial charge in [0, 0.05) is 26.8 Å². The Labute approximate surface area is 229 Å². The van der Waals surface area contributed by atoms with Crippen LogP contribution in [0.4, 0.5) is 0 Å². The van der Waals surface area contributed by atoms with E-state index in [9.17, 15) is 0 Å². The Balaban J connectivity index is 1.57. The molecular formula is C35H35NOS. The van der Waals surface area contributed by atoms with Gasteiger partial charge in [-0.2, -0.15) is 0 Å². The maximum absolute atomic E-state index is 6.28. The molecule has 0 unspecified atom stereocenters. The number of nitrogens with zero attached hydrogens (tertiary/aromatic N) is 1. The molecule has 3 aromatic carbocycles. The van der Waals surface area contributed by atoms with Crippen molar-refractivity contribution in [3.63, 3.8) is 0 Å². The Morgan fingerprint density at radius 2 is 1.63 bits per heavy atom. The molecule has 192 valence electrons. The number of rotatable bonds is 4. The van der Waals surface area contributed by atoms with Gasteiger partial charge >= 0.3 is 0 Å². The third-order valence-corrected chi connectivity index (χ3v) is 8.46. The van der Waals surface area contributed by atoms with Crippen molar-refractivity contribution in [2.75, 3.05) is 0 Å². The number of pyridine rings is 1. The zero-order chi connectivity index (χ0) is 26.8. The lowest BCUT2D eigenvalue weighted by Crippen LogP contribution is -2.12. The van der Waals surface area contributed by atoms with Gasteiger partial charge in [-0.1, -0.05) is 71.0 Å². The predicted octanol–water partition coefficient (Wildman–Crippen LogP) is 10.6. The Kier molecular flexibility index (Phi) is 5.96. The highest BCUT2D eigenvalue weighted by Gasteiger charge is 2.20. The van der Waals surface area contributed by atoms with Crippen molar-refractivity contribution in [3.8, 4) is 22.4 Å². The molecule has 3 heterocycles.